The topological polar surface area (TPSA) is 84.2 Å². The van der Waals surface area contributed by atoms with Gasteiger partial charge in [-0.05, 0) is 12.1 Å². The monoisotopic (exact) mass is 209 g/mol. The van der Waals surface area contributed by atoms with Crippen molar-refractivity contribution in [1.29, 1.82) is 0 Å². The number of hydrogen-bond donors (Lipinski definition) is 2. The minimum absolute atomic E-state index is 0.193. The third-order valence-corrected chi connectivity index (χ3v) is 1.57. The van der Waals surface area contributed by atoms with Crippen LogP contribution in [0, 0.1) is 0 Å². The maximum atomic E-state index is 10.7. The number of nitrogens with one attached hydrogen (secondary N) is 1. The van der Waals surface area contributed by atoms with Gasteiger partial charge in [0.25, 0.3) is 0 Å². The molecule has 0 aliphatic heterocycles. The molecular weight excluding hydrogens is 198 g/mol. The van der Waals surface area contributed by atoms with E-state index in [4.69, 9.17) is 5.11 Å². The van der Waals surface area contributed by atoms with E-state index >= 15 is 0 Å². The fourth-order valence-electron chi connectivity index (χ4n) is 0.999. The van der Waals surface area contributed by atoms with E-state index in [0.717, 1.165) is 0 Å². The summed E-state index contributed by atoms with van der Waals surface area (Å²) in [5, 5.41) is 14.9. The van der Waals surface area contributed by atoms with E-state index in [2.05, 4.69) is 10.4 Å². The highest BCUT2D eigenvalue weighted by molar-refractivity contribution is 5.96. The van der Waals surface area contributed by atoms with Gasteiger partial charge in [-0.3, -0.25) is 9.48 Å². The number of aryl methyl sites for hydroxylation is 1. The maximum absolute atomic E-state index is 10.7. The average molecular weight is 209 g/mol. The Hall–Kier alpha value is -2.11. The molecule has 15 heavy (non-hydrogen) atoms. The van der Waals surface area contributed by atoms with Gasteiger partial charge in [0.2, 0.25) is 5.91 Å². The van der Waals surface area contributed by atoms with Crippen molar-refractivity contribution in [1.82, 2.24) is 15.1 Å². The van der Waals surface area contributed by atoms with Crippen LogP contribution in [0.5, 0.6) is 0 Å². The van der Waals surface area contributed by atoms with Crippen molar-refractivity contribution in [2.75, 3.05) is 0 Å². The molecule has 1 aromatic rings. The molecule has 1 heterocycles. The van der Waals surface area contributed by atoms with Gasteiger partial charge in [-0.2, -0.15) is 5.10 Å². The van der Waals surface area contributed by atoms with E-state index in [-0.39, 0.29) is 5.70 Å². The van der Waals surface area contributed by atoms with Gasteiger partial charge in [0.15, 0.2) is 0 Å². The lowest BCUT2D eigenvalue weighted by Gasteiger charge is -2.00. The van der Waals surface area contributed by atoms with Crippen LogP contribution in [0.4, 0.5) is 0 Å². The number of carbonyl (C=O) groups is 2. The van der Waals surface area contributed by atoms with Crippen LogP contribution in [-0.4, -0.2) is 26.8 Å². The van der Waals surface area contributed by atoms with E-state index in [1.54, 1.807) is 24.0 Å². The van der Waals surface area contributed by atoms with E-state index in [0.29, 0.717) is 5.69 Å². The second kappa shape index (κ2) is 4.41. The smallest absolute Gasteiger partial charge is 0.352 e. The first-order valence-corrected chi connectivity index (χ1v) is 4.21. The van der Waals surface area contributed by atoms with Crippen molar-refractivity contribution in [3.63, 3.8) is 0 Å². The molecule has 0 radical (unpaired) electrons. The van der Waals surface area contributed by atoms with Crippen LogP contribution < -0.4 is 5.32 Å². The zero-order chi connectivity index (χ0) is 11.4. The third-order valence-electron chi connectivity index (χ3n) is 1.57. The molecule has 0 atom stereocenters. The molecule has 0 aromatic carbocycles. The molecular formula is C9H11N3O3. The molecule has 80 valence electrons. The van der Waals surface area contributed by atoms with Gasteiger partial charge in [-0.15, -0.1) is 0 Å². The van der Waals surface area contributed by atoms with Crippen molar-refractivity contribution in [3.8, 4) is 0 Å². The molecule has 0 saturated heterocycles. The van der Waals surface area contributed by atoms with E-state index < -0.39 is 11.9 Å². The molecule has 6 heteroatoms. The number of amides is 1. The summed E-state index contributed by atoms with van der Waals surface area (Å²) in [4.78, 5) is 21.4. The quantitative estimate of drug-likeness (QED) is 0.685. The second-order valence-electron chi connectivity index (χ2n) is 2.96. The highest BCUT2D eigenvalue weighted by Crippen LogP contribution is 2.01. The number of carboxylic acid groups (broad SMARTS) is 1. The first kappa shape index (κ1) is 11.0. The van der Waals surface area contributed by atoms with Crippen molar-refractivity contribution < 1.29 is 14.7 Å². The van der Waals surface area contributed by atoms with Gasteiger partial charge < -0.3 is 10.4 Å². The zero-order valence-corrected chi connectivity index (χ0v) is 8.39. The summed E-state index contributed by atoms with van der Waals surface area (Å²) in [7, 11) is 1.72. The highest BCUT2D eigenvalue weighted by Gasteiger charge is 2.09. The predicted molar refractivity (Wildman–Crippen MR) is 52.6 cm³/mol. The van der Waals surface area contributed by atoms with Crippen molar-refractivity contribution in [3.05, 3.63) is 23.7 Å². The molecule has 1 rings (SSSR count). The third kappa shape index (κ3) is 3.26. The van der Waals surface area contributed by atoms with E-state index in [1.165, 1.54) is 13.0 Å². The van der Waals surface area contributed by atoms with Crippen LogP contribution >= 0.6 is 0 Å². The van der Waals surface area contributed by atoms with Gasteiger partial charge in [-0.25, -0.2) is 4.79 Å². The lowest BCUT2D eigenvalue weighted by Crippen LogP contribution is -2.24. The Morgan fingerprint density at radius 3 is 2.67 bits per heavy atom. The van der Waals surface area contributed by atoms with Crippen molar-refractivity contribution in [2.45, 2.75) is 6.92 Å². The molecule has 0 aliphatic rings. The fourth-order valence-corrected chi connectivity index (χ4v) is 0.999. The van der Waals surface area contributed by atoms with Crippen LogP contribution in [-0.2, 0) is 16.6 Å². The zero-order valence-electron chi connectivity index (χ0n) is 8.39. The number of hydrogen-bond acceptors (Lipinski definition) is 3. The molecule has 0 fully saturated rings. The Balaban J connectivity index is 2.93. The summed E-state index contributed by atoms with van der Waals surface area (Å²) >= 11 is 0. The summed E-state index contributed by atoms with van der Waals surface area (Å²) in [6.07, 6.45) is 2.98. The largest absolute Gasteiger partial charge is 0.477 e. The number of aliphatic carboxylic acids is 1. The number of rotatable bonds is 3. The van der Waals surface area contributed by atoms with Gasteiger partial charge in [0.1, 0.15) is 5.70 Å². The summed E-state index contributed by atoms with van der Waals surface area (Å²) in [5.74, 6) is -1.63. The maximum Gasteiger partial charge on any atom is 0.352 e. The number of aromatic nitrogens is 2. The summed E-state index contributed by atoms with van der Waals surface area (Å²) < 4.78 is 1.54. The van der Waals surface area contributed by atoms with E-state index in [9.17, 15) is 9.59 Å². The van der Waals surface area contributed by atoms with Crippen LogP contribution in [0.3, 0.4) is 0 Å². The van der Waals surface area contributed by atoms with Crippen LogP contribution in [0.1, 0.15) is 12.6 Å². The van der Waals surface area contributed by atoms with Crippen molar-refractivity contribution >= 4 is 18.0 Å². The van der Waals surface area contributed by atoms with Crippen LogP contribution in [0.2, 0.25) is 0 Å². The molecule has 2 N–H and O–H groups in total. The first-order chi connectivity index (χ1) is 6.99. The Labute approximate surface area is 86.2 Å². The standard InChI is InChI=1S/C9H11N3O3/c1-6(13)10-8(9(14)15)5-7-3-4-12(2)11-7/h3-5H,1-2H3,(H,10,13)(H,14,15)/b8-5+. The predicted octanol–water partition coefficient (Wildman–Crippen LogP) is -0.0183. The van der Waals surface area contributed by atoms with E-state index in [1.807, 2.05) is 0 Å². The normalized spacial score (nSPS) is 11.2. The lowest BCUT2D eigenvalue weighted by molar-refractivity contribution is -0.134. The minimum atomic E-state index is -1.20. The molecule has 0 bridgehead atoms. The van der Waals surface area contributed by atoms with Crippen LogP contribution in [0.25, 0.3) is 6.08 Å². The molecule has 1 amide bonds. The van der Waals surface area contributed by atoms with Crippen LogP contribution in [0.15, 0.2) is 18.0 Å². The number of nitrogens with zero attached hydrogens (tertiary/aromatic N) is 2. The Morgan fingerprint density at radius 2 is 2.27 bits per heavy atom. The van der Waals surface area contributed by atoms with Gasteiger partial charge in [0, 0.05) is 20.2 Å². The SMILES string of the molecule is CC(=O)N/C(=C/c1ccn(C)n1)C(=O)O. The average Bonchev–Trinajstić information content (AvgIpc) is 2.49. The summed E-state index contributed by atoms with van der Waals surface area (Å²) in [6.45, 7) is 1.25. The second-order valence-corrected chi connectivity index (χ2v) is 2.96. The van der Waals surface area contributed by atoms with Gasteiger partial charge in [0.05, 0.1) is 5.69 Å². The summed E-state index contributed by atoms with van der Waals surface area (Å²) in [6, 6.07) is 1.64. The fraction of sp³-hybridized carbons (Fsp3) is 0.222. The number of carbonyl (C=O) groups excluding carboxylic acids is 1. The first-order valence-electron chi connectivity index (χ1n) is 4.21. The lowest BCUT2D eigenvalue weighted by atomic mass is 10.3. The molecule has 6 nitrogen and oxygen atoms in total. The molecule has 0 spiro atoms. The van der Waals surface area contributed by atoms with Gasteiger partial charge in [-0.1, -0.05) is 0 Å². The molecule has 0 saturated carbocycles. The van der Waals surface area contributed by atoms with Gasteiger partial charge >= 0.3 is 5.97 Å². The highest BCUT2D eigenvalue weighted by atomic mass is 16.4. The van der Waals surface area contributed by atoms with Crippen molar-refractivity contribution in [2.24, 2.45) is 7.05 Å². The molecule has 0 unspecified atom stereocenters. The molecule has 1 aromatic heterocycles. The Bertz CT molecular complexity index is 420. The number of carboxylic acids is 1. The summed E-state index contributed by atoms with van der Waals surface area (Å²) in [5.41, 5.74) is 0.282. The Kier molecular flexibility index (Phi) is 3.22. The Morgan fingerprint density at radius 1 is 1.60 bits per heavy atom. The molecule has 0 aliphatic carbocycles. The minimum Gasteiger partial charge on any atom is -0.477 e.